The van der Waals surface area contributed by atoms with Crippen LogP contribution >= 0.6 is 11.6 Å². The van der Waals surface area contributed by atoms with Crippen LogP contribution in [0.3, 0.4) is 0 Å². The van der Waals surface area contributed by atoms with E-state index in [9.17, 15) is 4.79 Å². The highest BCUT2D eigenvalue weighted by Gasteiger charge is 2.09. The monoisotopic (exact) mass is 398 g/mol. The first-order chi connectivity index (χ1) is 13.5. The van der Waals surface area contributed by atoms with Crippen molar-refractivity contribution >= 4 is 33.6 Å². The van der Waals surface area contributed by atoms with Gasteiger partial charge in [-0.05, 0) is 48.2 Å². The number of aromatic nitrogens is 2. The summed E-state index contributed by atoms with van der Waals surface area (Å²) in [7, 11) is 1.60. The third-order valence-electron chi connectivity index (χ3n) is 4.27. The van der Waals surface area contributed by atoms with Gasteiger partial charge in [-0.1, -0.05) is 43.6 Å². The lowest BCUT2D eigenvalue weighted by atomic mass is 10.1. The highest BCUT2D eigenvalue weighted by molar-refractivity contribution is 6.50. The van der Waals surface area contributed by atoms with Crippen molar-refractivity contribution in [1.29, 1.82) is 0 Å². The third kappa shape index (κ3) is 4.73. The Labute approximate surface area is 169 Å². The van der Waals surface area contributed by atoms with E-state index in [0.29, 0.717) is 45.8 Å². The fraction of sp³-hybridized carbons (Fsp3) is 0.273. The molecule has 28 heavy (non-hydrogen) atoms. The highest BCUT2D eigenvalue weighted by Crippen LogP contribution is 2.30. The second-order valence-corrected chi connectivity index (χ2v) is 7.27. The number of rotatable bonds is 7. The molecule has 0 saturated carbocycles. The van der Waals surface area contributed by atoms with E-state index in [2.05, 4.69) is 23.8 Å². The van der Waals surface area contributed by atoms with Crippen molar-refractivity contribution in [3.63, 3.8) is 0 Å². The molecule has 6 heteroatoms. The number of ether oxygens (including phenoxy) is 2. The van der Waals surface area contributed by atoms with Gasteiger partial charge in [0.1, 0.15) is 0 Å². The summed E-state index contributed by atoms with van der Waals surface area (Å²) in [6, 6.07) is 12.7. The molecule has 0 aliphatic heterocycles. The third-order valence-corrected chi connectivity index (χ3v) is 4.56. The van der Waals surface area contributed by atoms with Crippen LogP contribution in [0, 0.1) is 5.92 Å². The molecule has 0 unspecified atom stereocenters. The molecule has 0 fully saturated rings. The Morgan fingerprint density at radius 1 is 1.21 bits per heavy atom. The summed E-state index contributed by atoms with van der Waals surface area (Å²) >= 11 is 6.42. The van der Waals surface area contributed by atoms with Gasteiger partial charge in [0.2, 0.25) is 0 Å². The molecule has 0 aliphatic carbocycles. The number of hydrogen-bond donors (Lipinski definition) is 1. The minimum atomic E-state index is -0.223. The number of nitrogens with one attached hydrogen (secondary N) is 1. The Morgan fingerprint density at radius 2 is 2.00 bits per heavy atom. The van der Waals surface area contributed by atoms with Gasteiger partial charge < -0.3 is 14.5 Å². The summed E-state index contributed by atoms with van der Waals surface area (Å²) in [6.07, 6.45) is 2.70. The quantitative estimate of drug-likeness (QED) is 0.601. The Kier molecular flexibility index (Phi) is 6.37. The smallest absolute Gasteiger partial charge is 0.259 e. The number of fused-ring (bicyclic) bond motifs is 1. The number of hydrogen-bond acceptors (Lipinski definition) is 4. The first-order valence-electron chi connectivity index (χ1n) is 9.15. The minimum absolute atomic E-state index is 0.223. The van der Waals surface area contributed by atoms with Crippen molar-refractivity contribution in [2.24, 2.45) is 5.92 Å². The van der Waals surface area contributed by atoms with Crippen LogP contribution in [-0.4, -0.2) is 23.7 Å². The van der Waals surface area contributed by atoms with E-state index >= 15 is 0 Å². The highest BCUT2D eigenvalue weighted by atomic mass is 35.5. The van der Waals surface area contributed by atoms with Gasteiger partial charge in [-0.15, -0.1) is 0 Å². The van der Waals surface area contributed by atoms with Gasteiger partial charge >= 0.3 is 0 Å². The second kappa shape index (κ2) is 8.93. The van der Waals surface area contributed by atoms with E-state index in [1.54, 1.807) is 31.4 Å². The molecule has 0 spiro atoms. The van der Waals surface area contributed by atoms with Crippen LogP contribution in [0.15, 0.2) is 47.3 Å². The van der Waals surface area contributed by atoms with Crippen LogP contribution in [0.2, 0.25) is 0 Å². The molecule has 0 bridgehead atoms. The number of H-pyrrole nitrogens is 1. The van der Waals surface area contributed by atoms with Crippen LogP contribution in [0.25, 0.3) is 22.0 Å². The molecule has 0 atom stereocenters. The van der Waals surface area contributed by atoms with Crippen molar-refractivity contribution in [1.82, 2.24) is 9.97 Å². The molecule has 0 aliphatic rings. The number of nitrogens with zero attached hydrogens (tertiary/aromatic N) is 1. The van der Waals surface area contributed by atoms with Crippen LogP contribution in [-0.2, 0) is 0 Å². The summed E-state index contributed by atoms with van der Waals surface area (Å²) < 4.78 is 11.2. The average Bonchev–Trinajstić information content (AvgIpc) is 2.68. The molecule has 3 rings (SSSR count). The number of benzene rings is 2. The second-order valence-electron chi connectivity index (χ2n) is 6.87. The standard InChI is InChI=1S/C22H23ClN2O3/c1-14(2)10-11-28-19-9-8-15(13-20(19)27-3)12-17(23)21-24-18-7-5-4-6-16(18)22(26)25-21/h4-9,12-14H,10-11H2,1-3H3,(H,24,25,26)/b17-12-. The summed E-state index contributed by atoms with van der Waals surface area (Å²) in [6.45, 7) is 4.94. The number of halogens is 1. The zero-order chi connectivity index (χ0) is 20.1. The number of methoxy groups -OCH3 is 1. The zero-order valence-corrected chi connectivity index (χ0v) is 16.9. The fourth-order valence-electron chi connectivity index (χ4n) is 2.71. The van der Waals surface area contributed by atoms with Gasteiger partial charge in [0.15, 0.2) is 17.3 Å². The first kappa shape index (κ1) is 20.0. The predicted octanol–water partition coefficient (Wildman–Crippen LogP) is 5.09. The molecule has 0 radical (unpaired) electrons. The van der Waals surface area contributed by atoms with Crippen molar-refractivity contribution in [3.05, 3.63) is 64.2 Å². The summed E-state index contributed by atoms with van der Waals surface area (Å²) in [5.41, 5.74) is 1.19. The van der Waals surface area contributed by atoms with E-state index in [0.717, 1.165) is 12.0 Å². The van der Waals surface area contributed by atoms with Crippen molar-refractivity contribution in [2.75, 3.05) is 13.7 Å². The molecule has 0 amide bonds. The molecular weight excluding hydrogens is 376 g/mol. The van der Waals surface area contributed by atoms with E-state index in [1.165, 1.54) is 0 Å². The van der Waals surface area contributed by atoms with Gasteiger partial charge in [-0.2, -0.15) is 0 Å². The lowest BCUT2D eigenvalue weighted by molar-refractivity contribution is 0.273. The maximum absolute atomic E-state index is 12.2. The van der Waals surface area contributed by atoms with Gasteiger partial charge in [0.05, 0.1) is 29.7 Å². The minimum Gasteiger partial charge on any atom is -0.493 e. The van der Waals surface area contributed by atoms with Crippen molar-refractivity contribution in [2.45, 2.75) is 20.3 Å². The normalized spacial score (nSPS) is 11.8. The van der Waals surface area contributed by atoms with Crippen LogP contribution in [0.5, 0.6) is 11.5 Å². The average molecular weight is 399 g/mol. The fourth-order valence-corrected chi connectivity index (χ4v) is 2.93. The van der Waals surface area contributed by atoms with Crippen molar-refractivity contribution in [3.8, 4) is 11.5 Å². The molecule has 1 N–H and O–H groups in total. The topological polar surface area (TPSA) is 64.2 Å². The molecule has 0 saturated heterocycles. The molecule has 146 valence electrons. The van der Waals surface area contributed by atoms with E-state index in [-0.39, 0.29) is 5.56 Å². The van der Waals surface area contributed by atoms with Crippen LogP contribution in [0.1, 0.15) is 31.7 Å². The SMILES string of the molecule is COc1cc(/C=C(\Cl)c2nc3ccccc3c(=O)[nH]2)ccc1OCCC(C)C. The zero-order valence-electron chi connectivity index (χ0n) is 16.2. The van der Waals surface area contributed by atoms with E-state index in [1.807, 2.05) is 24.3 Å². The van der Waals surface area contributed by atoms with Gasteiger partial charge in [0.25, 0.3) is 5.56 Å². The Balaban J connectivity index is 1.87. The largest absolute Gasteiger partial charge is 0.493 e. The van der Waals surface area contributed by atoms with Crippen LogP contribution < -0.4 is 15.0 Å². The van der Waals surface area contributed by atoms with E-state index in [4.69, 9.17) is 21.1 Å². The van der Waals surface area contributed by atoms with Crippen LogP contribution in [0.4, 0.5) is 0 Å². The van der Waals surface area contributed by atoms with Gasteiger partial charge in [0, 0.05) is 0 Å². The first-order valence-corrected chi connectivity index (χ1v) is 9.53. The number of para-hydroxylation sites is 1. The lowest BCUT2D eigenvalue weighted by Crippen LogP contribution is -2.10. The Hall–Kier alpha value is -2.79. The van der Waals surface area contributed by atoms with E-state index < -0.39 is 0 Å². The van der Waals surface area contributed by atoms with Gasteiger partial charge in [-0.25, -0.2) is 4.98 Å². The maximum atomic E-state index is 12.2. The molecule has 3 aromatic rings. The summed E-state index contributed by atoms with van der Waals surface area (Å²) in [5, 5.41) is 0.860. The Morgan fingerprint density at radius 3 is 2.75 bits per heavy atom. The summed E-state index contributed by atoms with van der Waals surface area (Å²) in [4.78, 5) is 19.4. The molecule has 1 heterocycles. The summed E-state index contributed by atoms with van der Waals surface area (Å²) in [5.74, 6) is 2.21. The lowest BCUT2D eigenvalue weighted by Gasteiger charge is -2.12. The van der Waals surface area contributed by atoms with Crippen molar-refractivity contribution < 1.29 is 9.47 Å². The molecule has 2 aromatic carbocycles. The number of aromatic amines is 1. The Bertz CT molecular complexity index is 1060. The maximum Gasteiger partial charge on any atom is 0.259 e. The molecule has 1 aromatic heterocycles. The van der Waals surface area contributed by atoms with Gasteiger partial charge in [-0.3, -0.25) is 4.79 Å². The predicted molar refractivity (Wildman–Crippen MR) is 114 cm³/mol. The molecule has 5 nitrogen and oxygen atoms in total. The molecular formula is C22H23ClN2O3.